The lowest BCUT2D eigenvalue weighted by atomic mass is 10.0. The third kappa shape index (κ3) is 5.54. The van der Waals surface area contributed by atoms with E-state index in [4.69, 9.17) is 4.74 Å². The Labute approximate surface area is 200 Å². The molecule has 4 rings (SSSR count). The Balaban J connectivity index is 1.35. The smallest absolute Gasteiger partial charge is 0.255 e. The molecule has 0 aliphatic heterocycles. The number of amides is 1. The van der Waals surface area contributed by atoms with Crippen LogP contribution >= 0.6 is 0 Å². The maximum Gasteiger partial charge on any atom is 0.255 e. The first-order valence-corrected chi connectivity index (χ1v) is 11.6. The van der Waals surface area contributed by atoms with Crippen molar-refractivity contribution in [1.82, 2.24) is 19.6 Å². The van der Waals surface area contributed by atoms with Gasteiger partial charge in [-0.1, -0.05) is 38.1 Å². The van der Waals surface area contributed by atoms with Gasteiger partial charge in [-0.05, 0) is 55.2 Å². The normalized spacial score (nSPS) is 11.1. The van der Waals surface area contributed by atoms with Crippen molar-refractivity contribution < 1.29 is 9.53 Å². The van der Waals surface area contributed by atoms with Crippen LogP contribution in [0, 0.1) is 6.92 Å². The highest BCUT2D eigenvalue weighted by molar-refractivity contribution is 6.04. The fourth-order valence-corrected chi connectivity index (χ4v) is 3.77. The molecule has 7 nitrogen and oxygen atoms in total. The summed E-state index contributed by atoms with van der Waals surface area (Å²) in [6.07, 6.45) is 5.35. The molecule has 2 heterocycles. The van der Waals surface area contributed by atoms with Crippen LogP contribution in [0.5, 0.6) is 5.75 Å². The van der Waals surface area contributed by atoms with Gasteiger partial charge >= 0.3 is 0 Å². The van der Waals surface area contributed by atoms with E-state index < -0.39 is 0 Å². The van der Waals surface area contributed by atoms with Gasteiger partial charge in [0.15, 0.2) is 0 Å². The number of carbonyl (C=O) groups is 1. The fourth-order valence-electron chi connectivity index (χ4n) is 3.77. The van der Waals surface area contributed by atoms with E-state index in [1.807, 2.05) is 47.4 Å². The molecule has 0 aliphatic carbocycles. The first kappa shape index (κ1) is 23.3. The van der Waals surface area contributed by atoms with Crippen LogP contribution in [0.4, 0.5) is 5.69 Å². The van der Waals surface area contributed by atoms with Gasteiger partial charge in [-0.15, -0.1) is 0 Å². The molecule has 0 saturated carbocycles. The zero-order chi connectivity index (χ0) is 24.1. The summed E-state index contributed by atoms with van der Waals surface area (Å²) in [6.45, 7) is 10.3. The number of benzene rings is 2. The molecule has 2 aromatic heterocycles. The second-order valence-corrected chi connectivity index (χ2v) is 8.66. The molecule has 1 amide bonds. The summed E-state index contributed by atoms with van der Waals surface area (Å²) in [6, 6.07) is 15.6. The maximum atomic E-state index is 12.8. The van der Waals surface area contributed by atoms with Gasteiger partial charge in [0, 0.05) is 29.6 Å². The van der Waals surface area contributed by atoms with Crippen molar-refractivity contribution in [1.29, 1.82) is 0 Å². The predicted molar refractivity (Wildman–Crippen MR) is 133 cm³/mol. The van der Waals surface area contributed by atoms with E-state index in [-0.39, 0.29) is 5.91 Å². The number of aromatic nitrogens is 4. The Bertz CT molecular complexity index is 1250. The molecule has 0 atom stereocenters. The quantitative estimate of drug-likeness (QED) is 0.365. The average molecular weight is 458 g/mol. The molecule has 7 heteroatoms. The van der Waals surface area contributed by atoms with Crippen LogP contribution in [0.15, 0.2) is 67.1 Å². The second kappa shape index (κ2) is 10.4. The number of hydrogen-bond acceptors (Lipinski definition) is 4. The van der Waals surface area contributed by atoms with Gasteiger partial charge in [-0.25, -0.2) is 0 Å². The molecular formula is C27H31N5O2. The molecular weight excluding hydrogens is 426 g/mol. The van der Waals surface area contributed by atoms with Crippen LogP contribution in [-0.4, -0.2) is 25.5 Å². The molecule has 34 heavy (non-hydrogen) atoms. The largest absolute Gasteiger partial charge is 0.489 e. The Morgan fingerprint density at radius 3 is 2.59 bits per heavy atom. The molecule has 4 aromatic rings. The number of carbonyl (C=O) groups excluding carboxylic acids is 1. The topological polar surface area (TPSA) is 74.0 Å². The summed E-state index contributed by atoms with van der Waals surface area (Å²) in [5, 5.41) is 11.7. The van der Waals surface area contributed by atoms with Crippen molar-refractivity contribution in [3.8, 4) is 5.75 Å². The highest BCUT2D eigenvalue weighted by atomic mass is 16.5. The van der Waals surface area contributed by atoms with Gasteiger partial charge < -0.3 is 10.1 Å². The first-order valence-electron chi connectivity index (χ1n) is 11.6. The summed E-state index contributed by atoms with van der Waals surface area (Å²) < 4.78 is 9.66. The number of nitrogens with zero attached hydrogens (tertiary/aromatic N) is 4. The van der Waals surface area contributed by atoms with Crippen molar-refractivity contribution in [2.75, 3.05) is 5.32 Å². The highest BCUT2D eigenvalue weighted by Crippen LogP contribution is 2.20. The van der Waals surface area contributed by atoms with Crippen molar-refractivity contribution in [2.24, 2.45) is 0 Å². The number of anilines is 1. The number of nitrogens with one attached hydrogen (secondary N) is 1. The summed E-state index contributed by atoms with van der Waals surface area (Å²) in [5.74, 6) is 1.12. The molecule has 0 radical (unpaired) electrons. The first-order chi connectivity index (χ1) is 16.4. The standard InChI is InChI=1S/C27H31N5O2/c1-5-32-20(4)24(14-29-32)16-31-17-25(15-28-31)30-27(33)23-8-6-7-21(13-23)18-34-26-11-9-22(10-12-26)19(2)3/h6-15,17,19H,5,16,18H2,1-4H3,(H,30,33). The molecule has 0 aliphatic rings. The maximum absolute atomic E-state index is 12.8. The van der Waals surface area contributed by atoms with Gasteiger partial charge in [0.1, 0.15) is 12.4 Å². The monoisotopic (exact) mass is 457 g/mol. The van der Waals surface area contributed by atoms with E-state index >= 15 is 0 Å². The number of rotatable bonds is 9. The van der Waals surface area contributed by atoms with Crippen LogP contribution in [0.3, 0.4) is 0 Å². The minimum Gasteiger partial charge on any atom is -0.489 e. The Morgan fingerprint density at radius 2 is 1.88 bits per heavy atom. The molecule has 1 N–H and O–H groups in total. The second-order valence-electron chi connectivity index (χ2n) is 8.66. The van der Waals surface area contributed by atoms with E-state index in [1.165, 1.54) is 5.56 Å². The van der Waals surface area contributed by atoms with E-state index in [9.17, 15) is 4.79 Å². The lowest BCUT2D eigenvalue weighted by molar-refractivity contribution is 0.102. The number of hydrogen-bond donors (Lipinski definition) is 1. The molecule has 2 aromatic carbocycles. The van der Waals surface area contributed by atoms with Gasteiger partial charge in [0.2, 0.25) is 0 Å². The zero-order valence-corrected chi connectivity index (χ0v) is 20.2. The van der Waals surface area contributed by atoms with Crippen molar-refractivity contribution in [2.45, 2.75) is 53.3 Å². The Hall–Kier alpha value is -3.87. The van der Waals surface area contributed by atoms with Crippen LogP contribution in [0.2, 0.25) is 0 Å². The lowest BCUT2D eigenvalue weighted by Gasteiger charge is -2.10. The van der Waals surface area contributed by atoms with Gasteiger partial charge in [-0.3, -0.25) is 14.2 Å². The van der Waals surface area contributed by atoms with Crippen molar-refractivity contribution in [3.05, 3.63) is 95.1 Å². The Kier molecular flexibility index (Phi) is 7.11. The fraction of sp³-hybridized carbons (Fsp3) is 0.296. The highest BCUT2D eigenvalue weighted by Gasteiger charge is 2.11. The molecule has 0 unspecified atom stereocenters. The van der Waals surface area contributed by atoms with Crippen LogP contribution in [-0.2, 0) is 19.7 Å². The number of aryl methyl sites for hydroxylation is 1. The third-order valence-electron chi connectivity index (χ3n) is 5.87. The molecule has 0 spiro atoms. The van der Waals surface area contributed by atoms with Crippen molar-refractivity contribution >= 4 is 11.6 Å². The zero-order valence-electron chi connectivity index (χ0n) is 20.2. The molecule has 0 bridgehead atoms. The van der Waals surface area contributed by atoms with Crippen LogP contribution < -0.4 is 10.1 Å². The summed E-state index contributed by atoms with van der Waals surface area (Å²) in [4.78, 5) is 12.8. The number of ether oxygens (including phenoxy) is 1. The predicted octanol–water partition coefficient (Wildman–Crippen LogP) is 5.41. The summed E-state index contributed by atoms with van der Waals surface area (Å²) in [5.41, 5.74) is 5.66. The minimum absolute atomic E-state index is 0.183. The minimum atomic E-state index is -0.183. The van der Waals surface area contributed by atoms with E-state index in [0.29, 0.717) is 30.3 Å². The van der Waals surface area contributed by atoms with Crippen LogP contribution in [0.1, 0.15) is 59.4 Å². The van der Waals surface area contributed by atoms with E-state index in [1.54, 1.807) is 16.9 Å². The van der Waals surface area contributed by atoms with E-state index in [2.05, 4.69) is 55.3 Å². The van der Waals surface area contributed by atoms with Crippen LogP contribution in [0.25, 0.3) is 0 Å². The lowest BCUT2D eigenvalue weighted by Crippen LogP contribution is -2.12. The van der Waals surface area contributed by atoms with Crippen molar-refractivity contribution in [3.63, 3.8) is 0 Å². The molecule has 0 fully saturated rings. The molecule has 176 valence electrons. The molecule has 0 saturated heterocycles. The van der Waals surface area contributed by atoms with Gasteiger partial charge in [0.25, 0.3) is 5.91 Å². The van der Waals surface area contributed by atoms with Gasteiger partial charge in [0.05, 0.1) is 24.6 Å². The van der Waals surface area contributed by atoms with Gasteiger partial charge in [-0.2, -0.15) is 10.2 Å². The summed E-state index contributed by atoms with van der Waals surface area (Å²) >= 11 is 0. The Morgan fingerprint density at radius 1 is 1.09 bits per heavy atom. The van der Waals surface area contributed by atoms with E-state index in [0.717, 1.165) is 29.1 Å². The average Bonchev–Trinajstić information content (AvgIpc) is 3.44. The SMILES string of the molecule is CCn1ncc(Cn2cc(NC(=O)c3cccc(COc4ccc(C(C)C)cc4)c3)cn2)c1C. The third-order valence-corrected chi connectivity index (χ3v) is 5.87. The summed E-state index contributed by atoms with van der Waals surface area (Å²) in [7, 11) is 0.